The topological polar surface area (TPSA) is 27.7 Å². The van der Waals surface area contributed by atoms with Gasteiger partial charge in [-0.3, -0.25) is 13.6 Å². The molecule has 0 aliphatic heterocycles. The lowest BCUT2D eigenvalue weighted by Crippen LogP contribution is -2.31. The van der Waals surface area contributed by atoms with Crippen LogP contribution in [0.5, 0.6) is 0 Å². The van der Waals surface area contributed by atoms with Crippen LogP contribution in [0.15, 0.2) is 0 Å². The van der Waals surface area contributed by atoms with E-state index in [1.54, 1.807) is 0 Å². The van der Waals surface area contributed by atoms with Crippen molar-refractivity contribution in [2.45, 2.75) is 446 Å². The highest BCUT2D eigenvalue weighted by Gasteiger charge is 2.40. The molecule has 0 rings (SSSR count). The molecule has 85 heavy (non-hydrogen) atoms. The van der Waals surface area contributed by atoms with Crippen molar-refractivity contribution < 1.29 is 13.6 Å². The minimum absolute atomic E-state index is 0.208. The second-order valence-corrected chi connectivity index (χ2v) is 41.2. The minimum atomic E-state index is -1.55. The van der Waals surface area contributed by atoms with Crippen molar-refractivity contribution in [1.29, 1.82) is 0 Å². The first-order chi connectivity index (χ1) is 41.6. The molecule has 3 unspecified atom stereocenters. The van der Waals surface area contributed by atoms with Gasteiger partial charge in [-0.2, -0.15) is 0 Å². The molecule has 3 nitrogen and oxygen atoms in total. The first-order valence-corrected chi connectivity index (χ1v) is 47.4. The third-order valence-electron chi connectivity index (χ3n) is 20.0. The molecule has 0 fully saturated rings. The van der Waals surface area contributed by atoms with Gasteiger partial charge < -0.3 is 0 Å². The Bertz CT molecular complexity index is 1030. The second-order valence-electron chi connectivity index (χ2n) is 27.8. The van der Waals surface area contributed by atoms with Gasteiger partial charge in [0.1, 0.15) is 0 Å². The van der Waals surface area contributed by atoms with Gasteiger partial charge in [0.25, 0.3) is 0 Å². The largest absolute Gasteiger partial charge is 0.335 e. The highest BCUT2D eigenvalue weighted by atomic mass is 32.3. The Kier molecular flexibility index (Phi) is 65.1. The Morgan fingerprint density at radius 3 is 0.400 bits per heavy atom. The molecule has 0 aromatic carbocycles. The molecule has 0 aliphatic carbocycles. The zero-order valence-electron chi connectivity index (χ0n) is 61.2. The average Bonchev–Trinajstić information content (AvgIpc) is 3.42. The van der Waals surface area contributed by atoms with E-state index in [0.29, 0.717) is 0 Å². The molecule has 0 N–H and O–H groups in total. The summed E-state index contributed by atoms with van der Waals surface area (Å²) >= 11 is 0. The van der Waals surface area contributed by atoms with Gasteiger partial charge in [-0.05, 0) is 130 Å². The summed E-state index contributed by atoms with van der Waals surface area (Å²) in [5, 5.41) is 0. The van der Waals surface area contributed by atoms with E-state index in [2.05, 4.69) is 83.1 Å². The Balaban J connectivity index is 8.17. The van der Waals surface area contributed by atoms with Crippen LogP contribution >= 0.6 is 38.7 Å². The SMILES string of the molecule is CCCCCCCCS(CCCCCCCC)(CCCCCCCC)C(C)OP(OC(C)S(CCCCCCCC)(CCCCCCCC)CCCCCCCC)OC(C)S(CCCCCCCC)(CCCCCCCC)CCCCCCCC. The van der Waals surface area contributed by atoms with Gasteiger partial charge in [-0.25, -0.2) is 30.1 Å². The molecule has 0 saturated heterocycles. The summed E-state index contributed by atoms with van der Waals surface area (Å²) in [6.45, 7) is 29.3. The first kappa shape index (κ1) is 86.4. The van der Waals surface area contributed by atoms with Crippen LogP contribution in [0.1, 0.15) is 430 Å². The van der Waals surface area contributed by atoms with Gasteiger partial charge in [-0.1, -0.05) is 351 Å². The van der Waals surface area contributed by atoms with Crippen molar-refractivity contribution in [3.8, 4) is 0 Å². The third-order valence-corrected chi connectivity index (χ3v) is 36.3. The fraction of sp³-hybridized carbons (Fsp3) is 1.00. The molecule has 0 amide bonds. The maximum atomic E-state index is 8.14. The van der Waals surface area contributed by atoms with Crippen LogP contribution < -0.4 is 0 Å². The van der Waals surface area contributed by atoms with Crippen LogP contribution in [0, 0.1) is 0 Å². The zero-order chi connectivity index (χ0) is 62.5. The second kappa shape index (κ2) is 64.1. The standard InChI is InChI=1S/C78H165O3PS3/c1-13-22-31-40-49-58-67-83(68-59-50-41-32-23-14-2,69-60-51-42-33-24-15-3)76(10)79-82(80-77(11)84(70-61-52-43-34-25-16-4,71-62-53-44-35-26-17-5)72-63-54-45-36-27-18-6)81-78(12)85(73-64-55-46-37-28-19-7,74-65-56-47-38-29-20-8)75-66-57-48-39-30-21-9/h76-78H,13-75H2,1-12H3. The zero-order valence-corrected chi connectivity index (χ0v) is 64.5. The van der Waals surface area contributed by atoms with Crippen LogP contribution in [-0.4, -0.2) is 68.1 Å². The number of unbranched alkanes of at least 4 members (excludes halogenated alkanes) is 45. The Labute approximate surface area is 546 Å². The van der Waals surface area contributed by atoms with E-state index < -0.39 is 38.7 Å². The first-order valence-electron chi connectivity index (χ1n) is 39.7. The van der Waals surface area contributed by atoms with E-state index in [-0.39, 0.29) is 16.3 Å². The summed E-state index contributed by atoms with van der Waals surface area (Å²) < 4.78 is 24.4. The lowest BCUT2D eigenvalue weighted by molar-refractivity contribution is 0.143. The molecular weight excluding hydrogens is 1110 g/mol. The molecule has 0 aromatic rings. The molecule has 518 valence electrons. The maximum Gasteiger partial charge on any atom is 0.335 e. The van der Waals surface area contributed by atoms with Crippen molar-refractivity contribution >= 4 is 38.7 Å². The number of hydrogen-bond donors (Lipinski definition) is 0. The van der Waals surface area contributed by atoms with E-state index in [1.165, 1.54) is 399 Å². The van der Waals surface area contributed by atoms with Gasteiger partial charge in [0.15, 0.2) is 0 Å². The van der Waals surface area contributed by atoms with Crippen molar-refractivity contribution in [3.63, 3.8) is 0 Å². The Hall–Kier alpha value is 1.36. The Morgan fingerprint density at radius 2 is 0.282 bits per heavy atom. The fourth-order valence-electron chi connectivity index (χ4n) is 13.7. The predicted octanol–water partition coefficient (Wildman–Crippen LogP) is 30.0. The van der Waals surface area contributed by atoms with Gasteiger partial charge in [0.2, 0.25) is 0 Å². The van der Waals surface area contributed by atoms with Crippen LogP contribution in [-0.2, 0) is 13.6 Å². The summed E-state index contributed by atoms with van der Waals surface area (Å²) in [4.78, 5) is 0. The molecule has 0 aromatic heterocycles. The van der Waals surface area contributed by atoms with Gasteiger partial charge in [0, 0.05) is 0 Å². The molecule has 0 saturated carbocycles. The Morgan fingerprint density at radius 1 is 0.176 bits per heavy atom. The minimum Gasteiger partial charge on any atom is -0.300 e. The molecule has 0 aliphatic rings. The predicted molar refractivity (Wildman–Crippen MR) is 406 cm³/mol. The van der Waals surface area contributed by atoms with Crippen LogP contribution in [0.2, 0.25) is 0 Å². The van der Waals surface area contributed by atoms with Crippen molar-refractivity contribution in [2.24, 2.45) is 0 Å². The summed E-state index contributed by atoms with van der Waals surface area (Å²) in [5.74, 6) is 12.5. The third kappa shape index (κ3) is 47.0. The molecule has 7 heteroatoms. The van der Waals surface area contributed by atoms with Gasteiger partial charge in [0.05, 0.1) is 16.3 Å². The fourth-order valence-corrected chi connectivity index (χ4v) is 29.2. The molecule has 0 radical (unpaired) electrons. The van der Waals surface area contributed by atoms with E-state index in [0.717, 1.165) is 0 Å². The van der Waals surface area contributed by atoms with E-state index in [4.69, 9.17) is 13.6 Å². The molecule has 0 bridgehead atoms. The van der Waals surface area contributed by atoms with Crippen LogP contribution in [0.3, 0.4) is 0 Å². The quantitative estimate of drug-likeness (QED) is 0.0449. The summed E-state index contributed by atoms with van der Waals surface area (Å²) in [5.41, 5.74) is 0.625. The lowest BCUT2D eigenvalue weighted by Gasteiger charge is -2.50. The van der Waals surface area contributed by atoms with Gasteiger partial charge in [-0.15, -0.1) is 0 Å². The maximum absolute atomic E-state index is 8.14. The molecule has 0 heterocycles. The monoisotopic (exact) mass is 1280 g/mol. The van der Waals surface area contributed by atoms with E-state index in [9.17, 15) is 0 Å². The van der Waals surface area contributed by atoms with Crippen LogP contribution in [0.25, 0.3) is 0 Å². The highest BCUT2D eigenvalue weighted by Crippen LogP contribution is 2.66. The summed E-state index contributed by atoms with van der Waals surface area (Å²) in [6, 6.07) is 0. The van der Waals surface area contributed by atoms with Crippen molar-refractivity contribution in [1.82, 2.24) is 0 Å². The number of hydrogen-bond acceptors (Lipinski definition) is 3. The highest BCUT2D eigenvalue weighted by molar-refractivity contribution is 8.34. The van der Waals surface area contributed by atoms with Crippen molar-refractivity contribution in [2.75, 3.05) is 51.8 Å². The van der Waals surface area contributed by atoms with E-state index in [1.807, 2.05) is 0 Å². The smallest absolute Gasteiger partial charge is 0.300 e. The van der Waals surface area contributed by atoms with Crippen LogP contribution in [0.4, 0.5) is 0 Å². The van der Waals surface area contributed by atoms with Gasteiger partial charge >= 0.3 is 8.60 Å². The summed E-state index contributed by atoms with van der Waals surface area (Å²) in [6.07, 6.45) is 74.8. The summed E-state index contributed by atoms with van der Waals surface area (Å²) in [7, 11) is -4.84. The lowest BCUT2D eigenvalue weighted by atomic mass is 10.1. The van der Waals surface area contributed by atoms with Crippen molar-refractivity contribution in [3.05, 3.63) is 0 Å². The van der Waals surface area contributed by atoms with E-state index >= 15 is 0 Å². The molecule has 0 spiro atoms. The molecule has 3 atom stereocenters. The number of rotatable bonds is 72. The normalized spacial score (nSPS) is 14.5. The average molecular weight is 1280 g/mol. The molecular formula is C78H165O3PS3.